The molecule has 4 nitrogen and oxygen atoms in total. The first-order chi connectivity index (χ1) is 12.0. The molecular formula is C17H10F3N3OS. The number of hydrogen-bond acceptors (Lipinski definition) is 4. The molecule has 0 saturated carbocycles. The molecule has 2 aromatic carbocycles. The molecule has 1 aromatic heterocycles. The van der Waals surface area contributed by atoms with Crippen LogP contribution in [0.2, 0.25) is 0 Å². The van der Waals surface area contributed by atoms with Crippen molar-refractivity contribution in [3.8, 4) is 0 Å². The molecule has 1 aliphatic heterocycles. The normalized spacial score (nSPS) is 14.8. The van der Waals surface area contributed by atoms with E-state index in [0.29, 0.717) is 5.01 Å². The van der Waals surface area contributed by atoms with Gasteiger partial charge in [0.15, 0.2) is 17.5 Å². The zero-order valence-corrected chi connectivity index (χ0v) is 13.4. The summed E-state index contributed by atoms with van der Waals surface area (Å²) in [6.45, 7) is -0.144. The number of aliphatic hydroxyl groups excluding tert-OH is 1. The number of halogens is 3. The number of thiazole rings is 1. The minimum Gasteiger partial charge on any atom is -0.510 e. The maximum absolute atomic E-state index is 13.5. The van der Waals surface area contributed by atoms with Gasteiger partial charge in [0, 0.05) is 17.8 Å². The van der Waals surface area contributed by atoms with E-state index in [9.17, 15) is 18.3 Å². The molecule has 0 spiro atoms. The average molecular weight is 361 g/mol. The number of nitrogens with zero attached hydrogens (tertiary/aromatic N) is 2. The van der Waals surface area contributed by atoms with Crippen molar-refractivity contribution in [1.82, 2.24) is 4.98 Å². The number of hydrogen-bond donors (Lipinski definition) is 2. The lowest BCUT2D eigenvalue weighted by molar-refractivity contribution is 0.411. The van der Waals surface area contributed by atoms with Crippen LogP contribution in [-0.2, 0) is 0 Å². The summed E-state index contributed by atoms with van der Waals surface area (Å²) in [4.78, 5) is 5.59. The molecule has 2 N–H and O–H groups in total. The van der Waals surface area contributed by atoms with E-state index < -0.39 is 17.5 Å². The van der Waals surface area contributed by atoms with Crippen LogP contribution < -0.4 is 4.90 Å². The first-order valence-corrected chi connectivity index (χ1v) is 8.06. The van der Waals surface area contributed by atoms with Crippen LogP contribution >= 0.6 is 11.3 Å². The molecule has 0 radical (unpaired) electrons. The Kier molecular flexibility index (Phi) is 3.50. The summed E-state index contributed by atoms with van der Waals surface area (Å²) >= 11 is 1.30. The molecule has 126 valence electrons. The highest BCUT2D eigenvalue weighted by atomic mass is 32.1. The first-order valence-electron chi connectivity index (χ1n) is 7.25. The molecule has 2 heterocycles. The van der Waals surface area contributed by atoms with Crippen molar-refractivity contribution in [2.45, 2.75) is 0 Å². The van der Waals surface area contributed by atoms with E-state index in [1.165, 1.54) is 16.2 Å². The highest BCUT2D eigenvalue weighted by Crippen LogP contribution is 2.35. The zero-order chi connectivity index (χ0) is 17.7. The van der Waals surface area contributed by atoms with E-state index in [-0.39, 0.29) is 29.4 Å². The van der Waals surface area contributed by atoms with Crippen LogP contribution in [0.4, 0.5) is 18.9 Å². The van der Waals surface area contributed by atoms with Crippen LogP contribution in [0.3, 0.4) is 0 Å². The number of para-hydroxylation sites is 1. The SMILES string of the molecule is N=C1C(c2nc3ccccc3s2)=C(O)CN1c1cc(F)c(F)c(F)c1. The summed E-state index contributed by atoms with van der Waals surface area (Å²) in [5, 5.41) is 19.0. The Labute approximate surface area is 144 Å². The quantitative estimate of drug-likeness (QED) is 0.662. The lowest BCUT2D eigenvalue weighted by Crippen LogP contribution is -2.26. The van der Waals surface area contributed by atoms with Gasteiger partial charge < -0.3 is 10.0 Å². The minimum absolute atomic E-state index is 0.0518. The van der Waals surface area contributed by atoms with Gasteiger partial charge in [-0.15, -0.1) is 11.3 Å². The molecule has 0 amide bonds. The molecule has 0 saturated heterocycles. The Morgan fingerprint density at radius 3 is 2.48 bits per heavy atom. The Hall–Kier alpha value is -2.87. The smallest absolute Gasteiger partial charge is 0.194 e. The Morgan fingerprint density at radius 1 is 1.12 bits per heavy atom. The summed E-state index contributed by atoms with van der Waals surface area (Å²) in [5.74, 6) is -4.55. The largest absolute Gasteiger partial charge is 0.510 e. The van der Waals surface area contributed by atoms with E-state index in [4.69, 9.17) is 5.41 Å². The number of anilines is 1. The van der Waals surface area contributed by atoms with Crippen molar-refractivity contribution in [2.75, 3.05) is 11.4 Å². The fourth-order valence-electron chi connectivity index (χ4n) is 2.70. The standard InChI is InChI=1S/C17H10F3N3OS/c18-9-5-8(6-10(19)15(9)20)23-7-12(24)14(16(23)21)17-22-11-3-1-2-4-13(11)25-17/h1-6,21,24H,7H2. The van der Waals surface area contributed by atoms with Crippen LogP contribution in [0.25, 0.3) is 15.8 Å². The topological polar surface area (TPSA) is 60.2 Å². The van der Waals surface area contributed by atoms with Crippen LogP contribution in [0.5, 0.6) is 0 Å². The molecule has 1 aliphatic rings. The monoisotopic (exact) mass is 361 g/mol. The Bertz CT molecular complexity index is 1000. The highest BCUT2D eigenvalue weighted by Gasteiger charge is 2.32. The van der Waals surface area contributed by atoms with Crippen molar-refractivity contribution < 1.29 is 18.3 Å². The number of rotatable bonds is 2. The lowest BCUT2D eigenvalue weighted by Gasteiger charge is -2.18. The number of nitrogens with one attached hydrogen (secondary N) is 1. The summed E-state index contributed by atoms with van der Waals surface area (Å²) < 4.78 is 41.0. The molecule has 0 atom stereocenters. The van der Waals surface area contributed by atoms with E-state index >= 15 is 0 Å². The molecule has 3 aromatic rings. The minimum atomic E-state index is -1.57. The van der Waals surface area contributed by atoms with Gasteiger partial charge in [-0.05, 0) is 12.1 Å². The molecule has 0 fully saturated rings. The Balaban J connectivity index is 1.74. The van der Waals surface area contributed by atoms with Crippen molar-refractivity contribution in [2.24, 2.45) is 0 Å². The summed E-state index contributed by atoms with van der Waals surface area (Å²) in [6, 6.07) is 8.96. The second-order valence-electron chi connectivity index (χ2n) is 5.47. The first kappa shape index (κ1) is 15.6. The number of fused-ring (bicyclic) bond motifs is 1. The van der Waals surface area contributed by atoms with E-state index in [0.717, 1.165) is 22.3 Å². The van der Waals surface area contributed by atoms with Crippen molar-refractivity contribution in [3.63, 3.8) is 0 Å². The zero-order valence-electron chi connectivity index (χ0n) is 12.6. The third-order valence-electron chi connectivity index (χ3n) is 3.89. The Morgan fingerprint density at radius 2 is 1.80 bits per heavy atom. The number of amidine groups is 1. The predicted molar refractivity (Wildman–Crippen MR) is 90.6 cm³/mol. The van der Waals surface area contributed by atoms with Gasteiger partial charge in [0.1, 0.15) is 16.6 Å². The predicted octanol–water partition coefficient (Wildman–Crippen LogP) is 4.48. The summed E-state index contributed by atoms with van der Waals surface area (Å²) in [5.41, 5.74) is 0.878. The fraction of sp³-hybridized carbons (Fsp3) is 0.0588. The van der Waals surface area contributed by atoms with Gasteiger partial charge in [0.25, 0.3) is 0 Å². The average Bonchev–Trinajstić information content (AvgIpc) is 3.12. The number of aromatic nitrogens is 1. The van der Waals surface area contributed by atoms with Crippen molar-refractivity contribution >= 4 is 38.6 Å². The van der Waals surface area contributed by atoms with Crippen LogP contribution in [0.1, 0.15) is 5.01 Å². The van der Waals surface area contributed by atoms with Gasteiger partial charge >= 0.3 is 0 Å². The summed E-state index contributed by atoms with van der Waals surface area (Å²) in [6.07, 6.45) is 0. The van der Waals surface area contributed by atoms with E-state index in [1.807, 2.05) is 24.3 Å². The maximum atomic E-state index is 13.5. The fourth-order valence-corrected chi connectivity index (χ4v) is 3.74. The molecule has 25 heavy (non-hydrogen) atoms. The number of aliphatic hydroxyl groups is 1. The molecule has 0 unspecified atom stereocenters. The second kappa shape index (κ2) is 5.59. The third kappa shape index (κ3) is 2.45. The van der Waals surface area contributed by atoms with Crippen LogP contribution in [0.15, 0.2) is 42.2 Å². The second-order valence-corrected chi connectivity index (χ2v) is 6.50. The van der Waals surface area contributed by atoms with Gasteiger partial charge in [-0.1, -0.05) is 12.1 Å². The van der Waals surface area contributed by atoms with Gasteiger partial charge in [0.2, 0.25) is 0 Å². The molecule has 8 heteroatoms. The van der Waals surface area contributed by atoms with Gasteiger partial charge in [-0.25, -0.2) is 18.2 Å². The lowest BCUT2D eigenvalue weighted by atomic mass is 10.2. The number of benzene rings is 2. The third-order valence-corrected chi connectivity index (χ3v) is 4.95. The van der Waals surface area contributed by atoms with E-state index in [1.54, 1.807) is 0 Å². The van der Waals surface area contributed by atoms with Crippen LogP contribution in [-0.4, -0.2) is 22.5 Å². The van der Waals surface area contributed by atoms with Crippen LogP contribution in [0, 0.1) is 22.9 Å². The van der Waals surface area contributed by atoms with Crippen molar-refractivity contribution in [3.05, 3.63) is 64.6 Å². The molecule has 0 bridgehead atoms. The molecule has 4 rings (SSSR count). The molecule has 0 aliphatic carbocycles. The van der Waals surface area contributed by atoms with Gasteiger partial charge in [0.05, 0.1) is 22.3 Å². The van der Waals surface area contributed by atoms with Gasteiger partial charge in [-0.3, -0.25) is 5.41 Å². The highest BCUT2D eigenvalue weighted by molar-refractivity contribution is 7.19. The maximum Gasteiger partial charge on any atom is 0.194 e. The van der Waals surface area contributed by atoms with Gasteiger partial charge in [-0.2, -0.15) is 0 Å². The molecular weight excluding hydrogens is 351 g/mol. The van der Waals surface area contributed by atoms with Crippen molar-refractivity contribution in [1.29, 1.82) is 5.41 Å². The summed E-state index contributed by atoms with van der Waals surface area (Å²) in [7, 11) is 0. The van der Waals surface area contributed by atoms with E-state index in [2.05, 4.69) is 4.98 Å².